The van der Waals surface area contributed by atoms with Crippen molar-refractivity contribution in [1.29, 1.82) is 0 Å². The van der Waals surface area contributed by atoms with Gasteiger partial charge < -0.3 is 19.2 Å². The van der Waals surface area contributed by atoms with E-state index in [9.17, 15) is 4.79 Å². The number of benzene rings is 2. The average Bonchev–Trinajstić information content (AvgIpc) is 3.31. The zero-order chi connectivity index (χ0) is 22.6. The summed E-state index contributed by atoms with van der Waals surface area (Å²) < 4.78 is 16.7. The molecule has 0 aliphatic heterocycles. The van der Waals surface area contributed by atoms with E-state index in [1.165, 1.54) is 11.3 Å². The minimum absolute atomic E-state index is 0.329. The summed E-state index contributed by atoms with van der Waals surface area (Å²) >= 11 is 1.40. The first-order valence-corrected chi connectivity index (χ1v) is 11.0. The van der Waals surface area contributed by atoms with Gasteiger partial charge in [0, 0.05) is 23.0 Å². The molecule has 0 unspecified atom stereocenters. The highest BCUT2D eigenvalue weighted by Gasteiger charge is 2.13. The van der Waals surface area contributed by atoms with Crippen LogP contribution in [0.3, 0.4) is 0 Å². The second-order valence-electron chi connectivity index (χ2n) is 7.12. The van der Waals surface area contributed by atoms with Crippen molar-refractivity contribution in [1.82, 2.24) is 9.97 Å². The lowest BCUT2D eigenvalue weighted by Crippen LogP contribution is -2.03. The van der Waals surface area contributed by atoms with Crippen molar-refractivity contribution in [3.8, 4) is 22.8 Å². The number of ether oxygens (including phenoxy) is 2. The quantitative estimate of drug-likeness (QED) is 0.316. The van der Waals surface area contributed by atoms with Crippen LogP contribution >= 0.6 is 11.3 Å². The second-order valence-corrected chi connectivity index (χ2v) is 7.98. The monoisotopic (exact) mass is 457 g/mol. The van der Waals surface area contributed by atoms with E-state index in [1.807, 2.05) is 60.0 Å². The molecule has 3 heterocycles. The molecule has 1 N–H and O–H groups in total. The normalized spacial score (nSPS) is 10.8. The molecule has 5 rings (SSSR count). The fourth-order valence-electron chi connectivity index (χ4n) is 3.32. The van der Waals surface area contributed by atoms with Crippen LogP contribution in [0.15, 0.2) is 87.5 Å². The fourth-order valence-corrected chi connectivity index (χ4v) is 4.04. The molecule has 7 nitrogen and oxygen atoms in total. The van der Waals surface area contributed by atoms with Crippen LogP contribution < -0.4 is 20.4 Å². The molecule has 0 saturated carbocycles. The van der Waals surface area contributed by atoms with Crippen LogP contribution in [0.4, 0.5) is 10.8 Å². The number of thiazole rings is 1. The Kier molecular flexibility index (Phi) is 5.73. The molecule has 3 aromatic heterocycles. The highest BCUT2D eigenvalue weighted by Crippen LogP contribution is 2.31. The van der Waals surface area contributed by atoms with Crippen molar-refractivity contribution in [3.05, 3.63) is 94.4 Å². The molecule has 0 amide bonds. The molecule has 164 valence electrons. The number of anilines is 2. The lowest BCUT2D eigenvalue weighted by molar-refractivity contribution is 0.301. The Hall–Kier alpha value is -4.17. The molecule has 0 saturated heterocycles. The van der Waals surface area contributed by atoms with Gasteiger partial charge in [0.25, 0.3) is 0 Å². The Morgan fingerprint density at radius 1 is 1.06 bits per heavy atom. The molecule has 0 radical (unpaired) electrons. The van der Waals surface area contributed by atoms with E-state index < -0.39 is 5.63 Å². The first-order chi connectivity index (χ1) is 16.2. The summed E-state index contributed by atoms with van der Waals surface area (Å²) in [5.74, 6) is 1.31. The Balaban J connectivity index is 1.38. The van der Waals surface area contributed by atoms with Crippen LogP contribution in [0.2, 0.25) is 0 Å². The van der Waals surface area contributed by atoms with Crippen molar-refractivity contribution in [2.75, 3.05) is 12.4 Å². The zero-order valence-corrected chi connectivity index (χ0v) is 18.5. The van der Waals surface area contributed by atoms with Gasteiger partial charge in [0.05, 0.1) is 29.7 Å². The number of hydrogen-bond acceptors (Lipinski definition) is 8. The molecular weight excluding hydrogens is 438 g/mol. The minimum Gasteiger partial charge on any atom is -0.495 e. The van der Waals surface area contributed by atoms with Gasteiger partial charge in [-0.1, -0.05) is 18.2 Å². The summed E-state index contributed by atoms with van der Waals surface area (Å²) in [7, 11) is 1.61. The minimum atomic E-state index is -0.460. The molecule has 0 aliphatic rings. The van der Waals surface area contributed by atoms with Crippen molar-refractivity contribution < 1.29 is 13.9 Å². The van der Waals surface area contributed by atoms with E-state index in [1.54, 1.807) is 25.4 Å². The number of methoxy groups -OCH3 is 1. The van der Waals surface area contributed by atoms with Crippen LogP contribution in [0.5, 0.6) is 11.5 Å². The highest BCUT2D eigenvalue weighted by molar-refractivity contribution is 7.14. The summed E-state index contributed by atoms with van der Waals surface area (Å²) in [4.78, 5) is 21.5. The maximum absolute atomic E-state index is 12.7. The number of rotatable bonds is 7. The molecule has 0 spiro atoms. The molecule has 33 heavy (non-hydrogen) atoms. The Morgan fingerprint density at radius 3 is 2.79 bits per heavy atom. The van der Waals surface area contributed by atoms with Gasteiger partial charge in [-0.05, 0) is 42.5 Å². The standard InChI is InChI=1S/C25H19N3O4S/c1-30-22-8-3-2-7-20(22)27-25-28-21(15-33-25)19-12-16-9-10-18(13-23(16)32-24(19)29)31-14-17-6-4-5-11-26-17/h2-13,15H,14H2,1H3,(H,27,28). The Bertz CT molecular complexity index is 1460. The number of hydrogen-bond donors (Lipinski definition) is 1. The molecule has 0 fully saturated rings. The first-order valence-electron chi connectivity index (χ1n) is 10.2. The highest BCUT2D eigenvalue weighted by atomic mass is 32.1. The van der Waals surface area contributed by atoms with E-state index in [0.29, 0.717) is 40.1 Å². The van der Waals surface area contributed by atoms with Gasteiger partial charge in [-0.25, -0.2) is 9.78 Å². The van der Waals surface area contributed by atoms with E-state index in [0.717, 1.165) is 16.8 Å². The van der Waals surface area contributed by atoms with Gasteiger partial charge in [-0.3, -0.25) is 4.98 Å². The predicted octanol–water partition coefficient (Wildman–Crippen LogP) is 5.64. The van der Waals surface area contributed by atoms with Crippen LogP contribution in [-0.2, 0) is 6.61 Å². The molecule has 5 aromatic rings. The van der Waals surface area contributed by atoms with Gasteiger partial charge >= 0.3 is 5.63 Å². The van der Waals surface area contributed by atoms with E-state index in [4.69, 9.17) is 13.9 Å². The van der Waals surface area contributed by atoms with Crippen molar-refractivity contribution in [2.24, 2.45) is 0 Å². The number of aromatic nitrogens is 2. The van der Waals surface area contributed by atoms with Crippen molar-refractivity contribution in [2.45, 2.75) is 6.61 Å². The average molecular weight is 458 g/mol. The van der Waals surface area contributed by atoms with Crippen molar-refractivity contribution >= 4 is 33.1 Å². The van der Waals surface area contributed by atoms with Gasteiger partial charge in [0.1, 0.15) is 23.7 Å². The van der Waals surface area contributed by atoms with E-state index in [2.05, 4.69) is 15.3 Å². The summed E-state index contributed by atoms with van der Waals surface area (Å²) in [6, 6.07) is 20.4. The Labute approximate surface area is 193 Å². The fraction of sp³-hybridized carbons (Fsp3) is 0.0800. The third-order valence-corrected chi connectivity index (χ3v) is 5.71. The Morgan fingerprint density at radius 2 is 1.94 bits per heavy atom. The lowest BCUT2D eigenvalue weighted by atomic mass is 10.1. The number of nitrogens with one attached hydrogen (secondary N) is 1. The maximum Gasteiger partial charge on any atom is 0.345 e. The smallest absolute Gasteiger partial charge is 0.345 e. The third-order valence-electron chi connectivity index (χ3n) is 4.95. The molecule has 2 aromatic carbocycles. The molecule has 0 aliphatic carbocycles. The summed E-state index contributed by atoms with van der Waals surface area (Å²) in [6.45, 7) is 0.329. The van der Waals surface area contributed by atoms with Gasteiger partial charge in [-0.2, -0.15) is 0 Å². The van der Waals surface area contributed by atoms with Crippen LogP contribution in [-0.4, -0.2) is 17.1 Å². The zero-order valence-electron chi connectivity index (χ0n) is 17.6. The first kappa shape index (κ1) is 20.7. The number of para-hydroxylation sites is 2. The second kappa shape index (κ2) is 9.13. The molecular formula is C25H19N3O4S. The number of pyridine rings is 1. The van der Waals surface area contributed by atoms with Gasteiger partial charge in [0.15, 0.2) is 5.13 Å². The summed E-state index contributed by atoms with van der Waals surface area (Å²) in [6.07, 6.45) is 1.72. The number of fused-ring (bicyclic) bond motifs is 1. The topological polar surface area (TPSA) is 86.5 Å². The molecule has 0 bridgehead atoms. The van der Waals surface area contributed by atoms with Crippen molar-refractivity contribution in [3.63, 3.8) is 0 Å². The SMILES string of the molecule is COc1ccccc1Nc1nc(-c2cc3ccc(OCc4ccccn4)cc3oc2=O)cs1. The predicted molar refractivity (Wildman–Crippen MR) is 128 cm³/mol. The van der Waals surface area contributed by atoms with Crippen LogP contribution in [0.25, 0.3) is 22.2 Å². The van der Waals surface area contributed by atoms with Crippen LogP contribution in [0, 0.1) is 0 Å². The summed E-state index contributed by atoms with van der Waals surface area (Å²) in [5.41, 5.74) is 2.54. The lowest BCUT2D eigenvalue weighted by Gasteiger charge is -2.08. The van der Waals surface area contributed by atoms with Gasteiger partial charge in [0.2, 0.25) is 0 Å². The molecule has 0 atom stereocenters. The largest absolute Gasteiger partial charge is 0.495 e. The van der Waals surface area contributed by atoms with Crippen LogP contribution in [0.1, 0.15) is 5.69 Å². The summed E-state index contributed by atoms with van der Waals surface area (Å²) in [5, 5.41) is 6.48. The number of nitrogens with zero attached hydrogens (tertiary/aromatic N) is 2. The maximum atomic E-state index is 12.7. The van der Waals surface area contributed by atoms with Gasteiger partial charge in [-0.15, -0.1) is 11.3 Å². The van der Waals surface area contributed by atoms with E-state index in [-0.39, 0.29) is 0 Å². The molecule has 8 heteroatoms. The third kappa shape index (κ3) is 4.56. The van der Waals surface area contributed by atoms with E-state index >= 15 is 0 Å².